The summed E-state index contributed by atoms with van der Waals surface area (Å²) in [4.78, 5) is 19.6. The van der Waals surface area contributed by atoms with Crippen molar-refractivity contribution in [2.24, 2.45) is 15.9 Å². The molecule has 1 N–H and O–H groups in total. The third kappa shape index (κ3) is 3.04. The van der Waals surface area contributed by atoms with Gasteiger partial charge >= 0.3 is 5.97 Å². The fourth-order valence-corrected chi connectivity index (χ4v) is 2.13. The summed E-state index contributed by atoms with van der Waals surface area (Å²) in [5.74, 6) is -1.82. The third-order valence-electron chi connectivity index (χ3n) is 2.40. The van der Waals surface area contributed by atoms with E-state index in [0.717, 1.165) is 12.8 Å². The molecule has 1 unspecified atom stereocenters. The molecule has 0 saturated carbocycles. The third-order valence-corrected chi connectivity index (χ3v) is 2.71. The maximum Gasteiger partial charge on any atom is 0.319 e. The highest BCUT2D eigenvalue weighted by atomic mass is 35.5. The van der Waals surface area contributed by atoms with Crippen LogP contribution in [0.1, 0.15) is 40.0 Å². The van der Waals surface area contributed by atoms with Gasteiger partial charge in [-0.1, -0.05) is 24.9 Å². The van der Waals surface area contributed by atoms with Crippen molar-refractivity contribution in [1.29, 1.82) is 0 Å². The van der Waals surface area contributed by atoms with E-state index in [1.807, 2.05) is 13.8 Å². The first-order valence-corrected chi connectivity index (χ1v) is 5.82. The lowest BCUT2D eigenvalue weighted by molar-refractivity contribution is -0.137. The van der Waals surface area contributed by atoms with Gasteiger partial charge in [0.15, 0.2) is 0 Å². The fraction of sp³-hybridized carbons (Fsp3) is 0.727. The molecule has 0 bridgehead atoms. The second-order valence-corrected chi connectivity index (χ2v) is 4.79. The topological polar surface area (TPSA) is 62.0 Å². The summed E-state index contributed by atoms with van der Waals surface area (Å²) in [7, 11) is 0. The van der Waals surface area contributed by atoms with Crippen LogP contribution >= 0.6 is 11.6 Å². The Morgan fingerprint density at radius 2 is 2.12 bits per heavy atom. The van der Waals surface area contributed by atoms with E-state index in [1.54, 1.807) is 0 Å². The fourth-order valence-electron chi connectivity index (χ4n) is 1.71. The molecular formula is C11H17ClN2O2. The molecule has 0 saturated heterocycles. The maximum atomic E-state index is 11.1. The van der Waals surface area contributed by atoms with Crippen LogP contribution in [0.3, 0.4) is 0 Å². The van der Waals surface area contributed by atoms with E-state index in [9.17, 15) is 4.79 Å². The standard InChI is InChI=1S/C11H17ClN2O2/c1-4-5-6-7-8(10(15)16)9(12)14-11(2,3)13-7/h8H,4-6H2,1-3H3,(H,15,16). The van der Waals surface area contributed by atoms with Crippen molar-refractivity contribution in [1.82, 2.24) is 0 Å². The van der Waals surface area contributed by atoms with Gasteiger partial charge in [-0.15, -0.1) is 0 Å². The first-order valence-electron chi connectivity index (χ1n) is 5.44. The molecule has 0 aromatic heterocycles. The Hall–Kier alpha value is -0.900. The van der Waals surface area contributed by atoms with Crippen molar-refractivity contribution in [3.63, 3.8) is 0 Å². The van der Waals surface area contributed by atoms with Crippen LogP contribution in [0.15, 0.2) is 9.98 Å². The van der Waals surface area contributed by atoms with Gasteiger partial charge in [0.1, 0.15) is 16.8 Å². The van der Waals surface area contributed by atoms with Crippen molar-refractivity contribution in [3.05, 3.63) is 0 Å². The molecule has 1 rings (SSSR count). The Morgan fingerprint density at radius 1 is 1.50 bits per heavy atom. The molecule has 1 aliphatic rings. The summed E-state index contributed by atoms with van der Waals surface area (Å²) >= 11 is 5.92. The smallest absolute Gasteiger partial charge is 0.319 e. The largest absolute Gasteiger partial charge is 0.480 e. The number of nitrogens with zero attached hydrogens (tertiary/aromatic N) is 2. The van der Waals surface area contributed by atoms with Gasteiger partial charge in [-0.05, 0) is 26.7 Å². The van der Waals surface area contributed by atoms with Gasteiger partial charge in [-0.2, -0.15) is 0 Å². The van der Waals surface area contributed by atoms with Gasteiger partial charge in [0.05, 0.1) is 0 Å². The number of rotatable bonds is 4. The monoisotopic (exact) mass is 244 g/mol. The quantitative estimate of drug-likeness (QED) is 0.827. The Kier molecular flexibility index (Phi) is 4.08. The number of aliphatic carboxylic acids is 1. The van der Waals surface area contributed by atoms with Crippen LogP contribution in [-0.2, 0) is 4.79 Å². The number of halogens is 1. The number of aliphatic imine (C=N–C) groups is 2. The zero-order valence-electron chi connectivity index (χ0n) is 9.83. The van der Waals surface area contributed by atoms with Crippen molar-refractivity contribution >= 4 is 28.5 Å². The van der Waals surface area contributed by atoms with Crippen LogP contribution in [0, 0.1) is 5.92 Å². The van der Waals surface area contributed by atoms with Crippen LogP contribution in [0.2, 0.25) is 0 Å². The van der Waals surface area contributed by atoms with Gasteiger partial charge in [0, 0.05) is 5.71 Å². The molecule has 4 nitrogen and oxygen atoms in total. The molecule has 0 aromatic rings. The van der Waals surface area contributed by atoms with Crippen molar-refractivity contribution < 1.29 is 9.90 Å². The van der Waals surface area contributed by atoms with E-state index in [2.05, 4.69) is 16.9 Å². The minimum absolute atomic E-state index is 0.138. The second kappa shape index (κ2) is 4.95. The highest BCUT2D eigenvalue weighted by molar-refractivity contribution is 6.69. The molecule has 1 aliphatic heterocycles. The number of unbranched alkanes of at least 4 members (excludes halogenated alkanes) is 1. The van der Waals surface area contributed by atoms with E-state index >= 15 is 0 Å². The number of carbonyl (C=O) groups is 1. The summed E-state index contributed by atoms with van der Waals surface area (Å²) in [6.07, 6.45) is 2.59. The normalized spacial score (nSPS) is 23.6. The SMILES string of the molecule is CCCCC1=NC(C)(C)N=C(Cl)C1C(=O)O. The van der Waals surface area contributed by atoms with Crippen LogP contribution in [-0.4, -0.2) is 27.6 Å². The minimum Gasteiger partial charge on any atom is -0.480 e. The van der Waals surface area contributed by atoms with Gasteiger partial charge in [0.2, 0.25) is 0 Å². The Labute approximate surface area is 100 Å². The summed E-state index contributed by atoms with van der Waals surface area (Å²) in [6.45, 7) is 5.69. The molecule has 1 heterocycles. The number of hydrogen-bond donors (Lipinski definition) is 1. The lowest BCUT2D eigenvalue weighted by Gasteiger charge is -2.26. The zero-order chi connectivity index (χ0) is 12.3. The zero-order valence-corrected chi connectivity index (χ0v) is 10.6. The second-order valence-electron chi connectivity index (χ2n) is 4.41. The van der Waals surface area contributed by atoms with E-state index in [4.69, 9.17) is 16.7 Å². The minimum atomic E-state index is -0.973. The molecule has 16 heavy (non-hydrogen) atoms. The Balaban J connectivity index is 2.98. The molecule has 0 amide bonds. The predicted octanol–water partition coefficient (Wildman–Crippen LogP) is 2.71. The summed E-state index contributed by atoms with van der Waals surface area (Å²) in [5.41, 5.74) is 0.00546. The molecular weight excluding hydrogens is 228 g/mol. The van der Waals surface area contributed by atoms with Crippen molar-refractivity contribution in [2.75, 3.05) is 0 Å². The highest BCUT2D eigenvalue weighted by Crippen LogP contribution is 2.25. The molecule has 5 heteroatoms. The van der Waals surface area contributed by atoms with Gasteiger partial charge in [-0.25, -0.2) is 4.99 Å². The molecule has 90 valence electrons. The number of hydrogen-bond acceptors (Lipinski definition) is 3. The van der Waals surface area contributed by atoms with E-state index in [-0.39, 0.29) is 5.17 Å². The molecule has 0 radical (unpaired) electrons. The molecule has 0 spiro atoms. The number of carboxylic acid groups (broad SMARTS) is 1. The first kappa shape index (κ1) is 13.2. The van der Waals surface area contributed by atoms with Gasteiger partial charge in [0.25, 0.3) is 0 Å². The number of carboxylic acids is 1. The van der Waals surface area contributed by atoms with Gasteiger partial charge in [-0.3, -0.25) is 9.79 Å². The molecule has 1 atom stereocenters. The predicted molar refractivity (Wildman–Crippen MR) is 65.5 cm³/mol. The van der Waals surface area contributed by atoms with Gasteiger partial charge < -0.3 is 5.11 Å². The van der Waals surface area contributed by atoms with E-state index < -0.39 is 17.6 Å². The van der Waals surface area contributed by atoms with Crippen LogP contribution in [0.25, 0.3) is 0 Å². The molecule has 0 aromatic carbocycles. The van der Waals surface area contributed by atoms with E-state index in [1.165, 1.54) is 0 Å². The average molecular weight is 245 g/mol. The first-order chi connectivity index (χ1) is 7.37. The van der Waals surface area contributed by atoms with Crippen molar-refractivity contribution in [2.45, 2.75) is 45.7 Å². The average Bonchev–Trinajstić information content (AvgIpc) is 2.10. The molecule has 0 fully saturated rings. The van der Waals surface area contributed by atoms with Crippen LogP contribution in [0.5, 0.6) is 0 Å². The Bertz CT molecular complexity index is 348. The summed E-state index contributed by atoms with van der Waals surface area (Å²) in [5, 5.41) is 9.24. The van der Waals surface area contributed by atoms with E-state index in [0.29, 0.717) is 12.1 Å². The Morgan fingerprint density at radius 3 is 2.62 bits per heavy atom. The van der Waals surface area contributed by atoms with Crippen LogP contribution in [0.4, 0.5) is 0 Å². The lowest BCUT2D eigenvalue weighted by atomic mass is 9.96. The highest BCUT2D eigenvalue weighted by Gasteiger charge is 2.35. The maximum absolute atomic E-state index is 11.1. The van der Waals surface area contributed by atoms with Crippen molar-refractivity contribution in [3.8, 4) is 0 Å². The van der Waals surface area contributed by atoms with Crippen LogP contribution < -0.4 is 0 Å². The summed E-state index contributed by atoms with van der Waals surface area (Å²) in [6, 6.07) is 0. The summed E-state index contributed by atoms with van der Waals surface area (Å²) < 4.78 is 0. The lowest BCUT2D eigenvalue weighted by Crippen LogP contribution is -2.37. The molecule has 0 aliphatic carbocycles.